The van der Waals surface area contributed by atoms with Crippen molar-refractivity contribution in [1.29, 1.82) is 0 Å². The molecule has 0 aliphatic carbocycles. The fourth-order valence-electron chi connectivity index (χ4n) is 2.19. The van der Waals surface area contributed by atoms with Crippen LogP contribution >= 0.6 is 11.3 Å². The molecule has 0 aliphatic heterocycles. The molecular weight excluding hydrogens is 248 g/mol. The minimum absolute atomic E-state index is 0.227. The van der Waals surface area contributed by atoms with E-state index in [-0.39, 0.29) is 5.41 Å². The third-order valence-electron chi connectivity index (χ3n) is 3.24. The second kappa shape index (κ2) is 5.34. The lowest BCUT2D eigenvalue weighted by molar-refractivity contribution is 0.591. The van der Waals surface area contributed by atoms with Crippen LogP contribution in [0.15, 0.2) is 42.5 Å². The van der Waals surface area contributed by atoms with Gasteiger partial charge in [-0.1, -0.05) is 65.0 Å². The summed E-state index contributed by atoms with van der Waals surface area (Å²) in [5, 5.41) is 2.77. The molecule has 0 amide bonds. The lowest BCUT2D eigenvalue weighted by Gasteiger charge is -2.18. The molecule has 1 aromatic heterocycles. The van der Waals surface area contributed by atoms with Gasteiger partial charge in [-0.15, -0.1) is 11.3 Å². The van der Waals surface area contributed by atoms with Crippen LogP contribution in [0.25, 0.3) is 20.2 Å². The SMILES string of the molecule is CC.CC(C)(C)c1ccc2c(c1)sc1ccccc12. The lowest BCUT2D eigenvalue weighted by atomic mass is 9.87. The van der Waals surface area contributed by atoms with Gasteiger partial charge in [0.25, 0.3) is 0 Å². The molecule has 3 rings (SSSR count). The first-order valence-electron chi connectivity index (χ1n) is 6.97. The second-order valence-corrected chi connectivity index (χ2v) is 6.64. The molecule has 0 saturated heterocycles. The van der Waals surface area contributed by atoms with Crippen LogP contribution in [0.3, 0.4) is 0 Å². The molecule has 0 nitrogen and oxygen atoms in total. The molecule has 19 heavy (non-hydrogen) atoms. The van der Waals surface area contributed by atoms with E-state index < -0.39 is 0 Å². The summed E-state index contributed by atoms with van der Waals surface area (Å²) < 4.78 is 2.78. The highest BCUT2D eigenvalue weighted by Gasteiger charge is 2.14. The van der Waals surface area contributed by atoms with Gasteiger partial charge >= 0.3 is 0 Å². The Labute approximate surface area is 120 Å². The molecule has 0 N–H and O–H groups in total. The van der Waals surface area contributed by atoms with Crippen molar-refractivity contribution in [3.05, 3.63) is 48.0 Å². The van der Waals surface area contributed by atoms with E-state index in [0.717, 1.165) is 0 Å². The summed E-state index contributed by atoms with van der Waals surface area (Å²) in [4.78, 5) is 0. The Balaban J connectivity index is 0.000000637. The van der Waals surface area contributed by atoms with E-state index in [1.807, 2.05) is 25.2 Å². The van der Waals surface area contributed by atoms with Crippen LogP contribution in [-0.4, -0.2) is 0 Å². The highest BCUT2D eigenvalue weighted by Crippen LogP contribution is 2.36. The number of fused-ring (bicyclic) bond motifs is 3. The molecular formula is C18H22S. The molecule has 0 fully saturated rings. The van der Waals surface area contributed by atoms with Gasteiger partial charge in [-0.05, 0) is 23.1 Å². The molecule has 100 valence electrons. The van der Waals surface area contributed by atoms with Crippen LogP contribution in [0.1, 0.15) is 40.2 Å². The minimum Gasteiger partial charge on any atom is -0.135 e. The zero-order chi connectivity index (χ0) is 14.0. The Kier molecular flexibility index (Phi) is 3.96. The smallest absolute Gasteiger partial charge is 0.0358 e. The first kappa shape index (κ1) is 14.1. The summed E-state index contributed by atoms with van der Waals surface area (Å²) >= 11 is 1.89. The largest absolute Gasteiger partial charge is 0.135 e. The van der Waals surface area contributed by atoms with Crippen LogP contribution in [0.5, 0.6) is 0 Å². The van der Waals surface area contributed by atoms with E-state index in [2.05, 4.69) is 63.2 Å². The Bertz CT molecular complexity index is 684. The van der Waals surface area contributed by atoms with E-state index in [1.165, 1.54) is 25.7 Å². The van der Waals surface area contributed by atoms with Gasteiger partial charge in [0.1, 0.15) is 0 Å². The molecule has 0 radical (unpaired) electrons. The fourth-order valence-corrected chi connectivity index (χ4v) is 3.34. The number of hydrogen-bond donors (Lipinski definition) is 0. The van der Waals surface area contributed by atoms with Crippen LogP contribution in [0, 0.1) is 0 Å². The van der Waals surface area contributed by atoms with Crippen molar-refractivity contribution in [3.8, 4) is 0 Å². The summed E-state index contributed by atoms with van der Waals surface area (Å²) in [5.74, 6) is 0. The normalized spacial score (nSPS) is 11.4. The van der Waals surface area contributed by atoms with Crippen molar-refractivity contribution in [2.45, 2.75) is 40.0 Å². The molecule has 0 atom stereocenters. The van der Waals surface area contributed by atoms with Gasteiger partial charge in [0, 0.05) is 20.2 Å². The predicted molar refractivity (Wildman–Crippen MR) is 89.4 cm³/mol. The van der Waals surface area contributed by atoms with E-state index >= 15 is 0 Å². The van der Waals surface area contributed by atoms with Crippen molar-refractivity contribution in [1.82, 2.24) is 0 Å². The summed E-state index contributed by atoms with van der Waals surface area (Å²) in [5.41, 5.74) is 1.64. The molecule has 0 spiro atoms. The average Bonchev–Trinajstić information content (AvgIpc) is 2.77. The molecule has 1 heterocycles. The van der Waals surface area contributed by atoms with Crippen molar-refractivity contribution >= 4 is 31.5 Å². The standard InChI is InChI=1S/C16H16S.C2H6/c1-16(2,3)11-8-9-13-12-6-4-5-7-14(12)17-15(13)10-11;1-2/h4-10H,1-3H3;1-2H3. The van der Waals surface area contributed by atoms with E-state index in [0.29, 0.717) is 0 Å². The van der Waals surface area contributed by atoms with Crippen LogP contribution in [-0.2, 0) is 5.41 Å². The monoisotopic (exact) mass is 270 g/mol. The Morgan fingerprint density at radius 3 is 2.11 bits per heavy atom. The summed E-state index contributed by atoms with van der Waals surface area (Å²) in [6.45, 7) is 10.8. The average molecular weight is 270 g/mol. The highest BCUT2D eigenvalue weighted by molar-refractivity contribution is 7.25. The summed E-state index contributed by atoms with van der Waals surface area (Å²) in [6, 6.07) is 15.5. The third kappa shape index (κ3) is 2.66. The first-order valence-corrected chi connectivity index (χ1v) is 7.79. The topological polar surface area (TPSA) is 0 Å². The Morgan fingerprint density at radius 1 is 0.789 bits per heavy atom. The van der Waals surface area contributed by atoms with Gasteiger partial charge in [-0.2, -0.15) is 0 Å². The van der Waals surface area contributed by atoms with E-state index in [9.17, 15) is 0 Å². The zero-order valence-corrected chi connectivity index (χ0v) is 13.3. The zero-order valence-electron chi connectivity index (χ0n) is 12.4. The summed E-state index contributed by atoms with van der Waals surface area (Å²) in [6.07, 6.45) is 0. The molecule has 0 saturated carbocycles. The van der Waals surface area contributed by atoms with Crippen molar-refractivity contribution in [2.75, 3.05) is 0 Å². The quantitative estimate of drug-likeness (QED) is 0.444. The third-order valence-corrected chi connectivity index (χ3v) is 4.38. The highest BCUT2D eigenvalue weighted by atomic mass is 32.1. The molecule has 0 aliphatic rings. The fraction of sp³-hybridized carbons (Fsp3) is 0.333. The minimum atomic E-state index is 0.227. The maximum atomic E-state index is 2.35. The number of rotatable bonds is 0. The number of benzene rings is 2. The van der Waals surface area contributed by atoms with Gasteiger partial charge in [-0.3, -0.25) is 0 Å². The molecule has 3 aromatic rings. The molecule has 1 heteroatoms. The van der Waals surface area contributed by atoms with Gasteiger partial charge in [0.05, 0.1) is 0 Å². The number of thiophene rings is 1. The Morgan fingerprint density at radius 2 is 1.42 bits per heavy atom. The molecule has 2 aromatic carbocycles. The Hall–Kier alpha value is -1.34. The first-order chi connectivity index (χ1) is 9.05. The van der Waals surface area contributed by atoms with Gasteiger partial charge < -0.3 is 0 Å². The summed E-state index contributed by atoms with van der Waals surface area (Å²) in [7, 11) is 0. The second-order valence-electron chi connectivity index (χ2n) is 5.56. The molecule has 0 unspecified atom stereocenters. The van der Waals surface area contributed by atoms with Crippen molar-refractivity contribution in [3.63, 3.8) is 0 Å². The van der Waals surface area contributed by atoms with Crippen LogP contribution in [0.4, 0.5) is 0 Å². The van der Waals surface area contributed by atoms with E-state index in [1.54, 1.807) is 0 Å². The maximum absolute atomic E-state index is 2.35. The van der Waals surface area contributed by atoms with Crippen molar-refractivity contribution < 1.29 is 0 Å². The van der Waals surface area contributed by atoms with Gasteiger partial charge in [-0.25, -0.2) is 0 Å². The molecule has 0 bridgehead atoms. The predicted octanol–water partition coefficient (Wildman–Crippen LogP) is 6.38. The number of hydrogen-bond acceptors (Lipinski definition) is 1. The van der Waals surface area contributed by atoms with Crippen LogP contribution < -0.4 is 0 Å². The maximum Gasteiger partial charge on any atom is 0.0358 e. The van der Waals surface area contributed by atoms with Gasteiger partial charge in [0.2, 0.25) is 0 Å². The van der Waals surface area contributed by atoms with Gasteiger partial charge in [0.15, 0.2) is 0 Å². The lowest BCUT2D eigenvalue weighted by Crippen LogP contribution is -2.10. The van der Waals surface area contributed by atoms with E-state index in [4.69, 9.17) is 0 Å². The van der Waals surface area contributed by atoms with Crippen molar-refractivity contribution in [2.24, 2.45) is 0 Å². The van der Waals surface area contributed by atoms with Crippen LogP contribution in [0.2, 0.25) is 0 Å².